The number of phosphoric ester groups is 1. The topological polar surface area (TPSA) is 224 Å². The maximum Gasteiger partial charge on any atom is 0.470 e. The van der Waals surface area contributed by atoms with Gasteiger partial charge in [-0.05, 0) is 0 Å². The zero-order valence-electron chi connectivity index (χ0n) is 12.7. The summed E-state index contributed by atoms with van der Waals surface area (Å²) < 4.78 is 24.2. The lowest BCUT2D eigenvalue weighted by atomic mass is 9.99. The van der Waals surface area contributed by atoms with E-state index in [9.17, 15) is 34.9 Å². The molecule has 1 rings (SSSR count). The summed E-state index contributed by atoms with van der Waals surface area (Å²) in [6, 6.07) is 0. The summed E-state index contributed by atoms with van der Waals surface area (Å²) in [7, 11) is -4.93. The van der Waals surface area contributed by atoms with Gasteiger partial charge in [-0.15, -0.1) is 0 Å². The Kier molecular flexibility index (Phi) is 8.47. The Hall–Kier alpha value is -0.540. The first-order valence-corrected chi connectivity index (χ1v) is 8.52. The third-order valence-corrected chi connectivity index (χ3v) is 3.81. The molecule has 0 amide bonds. The van der Waals surface area contributed by atoms with Gasteiger partial charge in [0.15, 0.2) is 12.1 Å². The van der Waals surface area contributed by atoms with Crippen molar-refractivity contribution in [3.05, 3.63) is 0 Å². The van der Waals surface area contributed by atoms with Crippen LogP contribution in [0.15, 0.2) is 0 Å². The van der Waals surface area contributed by atoms with Crippen LogP contribution in [-0.2, 0) is 23.4 Å². The highest BCUT2D eigenvalue weighted by molar-refractivity contribution is 7.46. The van der Waals surface area contributed by atoms with E-state index >= 15 is 0 Å². The molecule has 0 spiro atoms. The molecule has 25 heavy (non-hydrogen) atoms. The fraction of sp³-hybridized carbons (Fsp3) is 0.909. The molecule has 14 heteroatoms. The molecule has 7 atom stereocenters. The predicted octanol–water partition coefficient (Wildman–Crippen LogP) is -4.80. The Bertz CT molecular complexity index is 479. The monoisotopic (exact) mass is 392 g/mol. The molecule has 1 aliphatic rings. The fourth-order valence-electron chi connectivity index (χ4n) is 1.94. The van der Waals surface area contributed by atoms with E-state index in [1.54, 1.807) is 0 Å². The minimum atomic E-state index is -4.93. The van der Waals surface area contributed by atoms with Gasteiger partial charge in [0.25, 0.3) is 0 Å². The highest BCUT2D eigenvalue weighted by atomic mass is 31.2. The van der Waals surface area contributed by atoms with Gasteiger partial charge in [0.1, 0.15) is 43.2 Å². The third kappa shape index (κ3) is 6.60. The van der Waals surface area contributed by atoms with Gasteiger partial charge in [0, 0.05) is 0 Å². The van der Waals surface area contributed by atoms with Crippen molar-refractivity contribution in [3.8, 4) is 0 Å². The maximum atomic E-state index is 11.4. The van der Waals surface area contributed by atoms with Gasteiger partial charge >= 0.3 is 7.82 Å². The SMILES string of the molecule is O=C(COP(=O)(O)O)[C@@H](O)[C@H](O)CO[C@H]1O[C@H](CO)[C@@H](O)[C@H](O)[C@@H]1O. The zero-order chi connectivity index (χ0) is 19.4. The number of phosphoric acid groups is 1. The fourth-order valence-corrected chi connectivity index (χ4v) is 2.23. The summed E-state index contributed by atoms with van der Waals surface area (Å²) in [6.45, 7) is -2.65. The van der Waals surface area contributed by atoms with E-state index in [1.807, 2.05) is 0 Å². The van der Waals surface area contributed by atoms with Gasteiger partial charge in [-0.1, -0.05) is 0 Å². The van der Waals surface area contributed by atoms with Crippen LogP contribution in [0.3, 0.4) is 0 Å². The average Bonchev–Trinajstić information content (AvgIpc) is 2.55. The van der Waals surface area contributed by atoms with Crippen molar-refractivity contribution in [2.75, 3.05) is 19.8 Å². The third-order valence-electron chi connectivity index (χ3n) is 3.35. The molecule has 0 aliphatic carbocycles. The Morgan fingerprint density at radius 2 is 1.72 bits per heavy atom. The minimum absolute atomic E-state index is 0.700. The lowest BCUT2D eigenvalue weighted by Crippen LogP contribution is -2.59. The van der Waals surface area contributed by atoms with Crippen LogP contribution < -0.4 is 0 Å². The molecule has 148 valence electrons. The molecule has 0 bridgehead atoms. The number of ketones is 1. The summed E-state index contributed by atoms with van der Waals surface area (Å²) in [4.78, 5) is 28.3. The van der Waals surface area contributed by atoms with E-state index in [4.69, 9.17) is 24.4 Å². The largest absolute Gasteiger partial charge is 0.470 e. The standard InChI is InChI=1S/C11H21O13P/c12-1-6-8(16)9(17)10(18)11(24-6)22-2-4(13)7(15)5(14)3-23-25(19,20)21/h4,6-13,15-18H,1-3H2,(H2,19,20,21)/t4-,6-,7+,8-,9+,10+,11+/m1/s1. The van der Waals surface area contributed by atoms with Crippen molar-refractivity contribution in [2.45, 2.75) is 42.9 Å². The number of rotatable bonds is 9. The number of Topliss-reactive ketones (excluding diaryl/α,β-unsaturated/α-hetero) is 1. The van der Waals surface area contributed by atoms with E-state index < -0.39 is 76.3 Å². The van der Waals surface area contributed by atoms with Crippen LogP contribution in [0.1, 0.15) is 0 Å². The van der Waals surface area contributed by atoms with Gasteiger partial charge < -0.3 is 49.9 Å². The lowest BCUT2D eigenvalue weighted by Gasteiger charge is -2.39. The van der Waals surface area contributed by atoms with Crippen LogP contribution in [0.25, 0.3) is 0 Å². The van der Waals surface area contributed by atoms with Gasteiger partial charge in [0.2, 0.25) is 0 Å². The van der Waals surface area contributed by atoms with Crippen LogP contribution in [0.2, 0.25) is 0 Å². The van der Waals surface area contributed by atoms with Crippen LogP contribution in [0.5, 0.6) is 0 Å². The van der Waals surface area contributed by atoms with Gasteiger partial charge in [-0.25, -0.2) is 4.57 Å². The predicted molar refractivity (Wildman–Crippen MR) is 74.7 cm³/mol. The van der Waals surface area contributed by atoms with Crippen LogP contribution in [0, 0.1) is 0 Å². The summed E-state index contributed by atoms with van der Waals surface area (Å²) in [5, 5.41) is 57.0. The second kappa shape index (κ2) is 9.41. The molecule has 1 heterocycles. The molecule has 8 N–H and O–H groups in total. The van der Waals surface area contributed by atoms with Gasteiger partial charge in [0.05, 0.1) is 13.2 Å². The first kappa shape index (κ1) is 22.5. The van der Waals surface area contributed by atoms with E-state index in [-0.39, 0.29) is 0 Å². The van der Waals surface area contributed by atoms with Crippen molar-refractivity contribution < 1.29 is 63.8 Å². The average molecular weight is 392 g/mol. The molecular weight excluding hydrogens is 371 g/mol. The first-order chi connectivity index (χ1) is 11.5. The molecular formula is C11H21O13P. The minimum Gasteiger partial charge on any atom is -0.394 e. The maximum absolute atomic E-state index is 11.4. The quantitative estimate of drug-likeness (QED) is 0.173. The van der Waals surface area contributed by atoms with Crippen molar-refractivity contribution >= 4 is 13.6 Å². The normalized spacial score (nSPS) is 33.0. The number of hydrogen-bond donors (Lipinski definition) is 8. The molecule has 13 nitrogen and oxygen atoms in total. The van der Waals surface area contributed by atoms with Crippen molar-refractivity contribution in [2.24, 2.45) is 0 Å². The van der Waals surface area contributed by atoms with Crippen LogP contribution >= 0.6 is 7.82 Å². The van der Waals surface area contributed by atoms with E-state index in [2.05, 4.69) is 4.52 Å². The second-order valence-corrected chi connectivity index (χ2v) is 6.51. The number of aliphatic hydroxyl groups is 6. The number of hydrogen-bond acceptors (Lipinski definition) is 11. The highest BCUT2D eigenvalue weighted by Crippen LogP contribution is 2.35. The molecule has 0 unspecified atom stereocenters. The highest BCUT2D eigenvalue weighted by Gasteiger charge is 2.44. The summed E-state index contributed by atoms with van der Waals surface area (Å²) in [5.41, 5.74) is 0. The molecule has 0 aromatic heterocycles. The lowest BCUT2D eigenvalue weighted by molar-refractivity contribution is -0.305. The summed E-state index contributed by atoms with van der Waals surface area (Å²) in [6.07, 6.45) is -11.9. The molecule has 1 aliphatic heterocycles. The van der Waals surface area contributed by atoms with Crippen molar-refractivity contribution in [1.29, 1.82) is 0 Å². The van der Waals surface area contributed by atoms with Crippen molar-refractivity contribution in [3.63, 3.8) is 0 Å². The number of carbonyl (C=O) groups is 1. The smallest absolute Gasteiger partial charge is 0.394 e. The van der Waals surface area contributed by atoms with E-state index in [0.717, 1.165) is 0 Å². The Morgan fingerprint density at radius 3 is 2.24 bits per heavy atom. The summed E-state index contributed by atoms with van der Waals surface area (Å²) in [5.74, 6) is -1.24. The number of ether oxygens (including phenoxy) is 2. The zero-order valence-corrected chi connectivity index (χ0v) is 13.6. The molecule has 1 fully saturated rings. The van der Waals surface area contributed by atoms with E-state index in [0.29, 0.717) is 0 Å². The summed E-state index contributed by atoms with van der Waals surface area (Å²) >= 11 is 0. The molecule has 0 saturated carbocycles. The van der Waals surface area contributed by atoms with Crippen molar-refractivity contribution in [1.82, 2.24) is 0 Å². The second-order valence-electron chi connectivity index (χ2n) is 5.27. The molecule has 0 aromatic rings. The molecule has 1 saturated heterocycles. The van der Waals surface area contributed by atoms with Crippen LogP contribution in [-0.4, -0.2) is 109 Å². The first-order valence-electron chi connectivity index (χ1n) is 6.99. The number of aliphatic hydroxyl groups excluding tert-OH is 6. The Labute approximate surface area is 141 Å². The Morgan fingerprint density at radius 1 is 1.12 bits per heavy atom. The van der Waals surface area contributed by atoms with Crippen LogP contribution in [0.4, 0.5) is 0 Å². The molecule has 0 radical (unpaired) electrons. The van der Waals surface area contributed by atoms with Gasteiger partial charge in [-0.2, -0.15) is 0 Å². The molecule has 0 aromatic carbocycles. The van der Waals surface area contributed by atoms with Gasteiger partial charge in [-0.3, -0.25) is 9.32 Å². The number of carbonyl (C=O) groups excluding carboxylic acids is 1. The van der Waals surface area contributed by atoms with E-state index in [1.165, 1.54) is 0 Å². The Balaban J connectivity index is 2.52.